The number of rotatable bonds is 9. The Morgan fingerprint density at radius 3 is 2.72 bits per heavy atom. The van der Waals surface area contributed by atoms with Crippen LogP contribution in [-0.2, 0) is 16.1 Å². The summed E-state index contributed by atoms with van der Waals surface area (Å²) in [5, 5.41) is 13.9. The summed E-state index contributed by atoms with van der Waals surface area (Å²) >= 11 is 0. The van der Waals surface area contributed by atoms with Gasteiger partial charge in [0, 0.05) is 44.3 Å². The van der Waals surface area contributed by atoms with Gasteiger partial charge in [-0.05, 0) is 52.3 Å². The summed E-state index contributed by atoms with van der Waals surface area (Å²) in [6.45, 7) is 12.2. The van der Waals surface area contributed by atoms with Crippen LogP contribution in [0.4, 0.5) is 0 Å². The van der Waals surface area contributed by atoms with Crippen molar-refractivity contribution in [3.8, 4) is 0 Å². The highest BCUT2D eigenvalue weighted by molar-refractivity contribution is 5.83. The molecule has 29 heavy (non-hydrogen) atoms. The topological polar surface area (TPSA) is 64.2 Å². The van der Waals surface area contributed by atoms with E-state index in [2.05, 4.69) is 52.5 Å². The number of likely N-dealkylation sites (tertiary alicyclic amines) is 1. The van der Waals surface area contributed by atoms with Crippen molar-refractivity contribution in [3.63, 3.8) is 0 Å². The van der Waals surface area contributed by atoms with Crippen LogP contribution >= 0.6 is 0 Å². The molecule has 7 nitrogen and oxygen atoms in total. The van der Waals surface area contributed by atoms with E-state index in [1.165, 1.54) is 0 Å². The maximum Gasteiger partial charge on any atom is 0.212 e. The first-order valence-electron chi connectivity index (χ1n) is 10.5. The Labute approximate surface area is 173 Å². The normalized spacial score (nSPS) is 16.6. The number of ether oxygens (including phenoxy) is 2. The van der Waals surface area contributed by atoms with Crippen LogP contribution < -0.4 is 0 Å². The van der Waals surface area contributed by atoms with Crippen LogP contribution in [-0.4, -0.2) is 60.6 Å². The zero-order valence-corrected chi connectivity index (χ0v) is 17.9. The summed E-state index contributed by atoms with van der Waals surface area (Å²) in [6, 6.07) is 8.58. The highest BCUT2D eigenvalue weighted by atomic mass is 16.5. The number of hydrogen-bond acceptors (Lipinski definition) is 6. The number of piperidine rings is 1. The SMILES string of the molecule is C=N/N=C(\OCc1nn(C(C)C)c2ccccc12)C1CCN(CCCOC)CC1. The molecule has 0 spiro atoms. The van der Waals surface area contributed by atoms with Gasteiger partial charge in [0.1, 0.15) is 12.3 Å². The molecule has 0 unspecified atom stereocenters. The predicted molar refractivity (Wildman–Crippen MR) is 118 cm³/mol. The lowest BCUT2D eigenvalue weighted by Gasteiger charge is -2.31. The average molecular weight is 400 g/mol. The Kier molecular flexibility index (Phi) is 7.77. The second-order valence-electron chi connectivity index (χ2n) is 7.83. The molecule has 0 atom stereocenters. The van der Waals surface area contributed by atoms with Gasteiger partial charge in [0.2, 0.25) is 5.90 Å². The molecule has 2 heterocycles. The van der Waals surface area contributed by atoms with Crippen molar-refractivity contribution in [2.24, 2.45) is 16.1 Å². The highest BCUT2D eigenvalue weighted by Gasteiger charge is 2.25. The van der Waals surface area contributed by atoms with Gasteiger partial charge >= 0.3 is 0 Å². The zero-order chi connectivity index (χ0) is 20.6. The minimum Gasteiger partial charge on any atom is -0.473 e. The van der Waals surface area contributed by atoms with Gasteiger partial charge in [0.25, 0.3) is 0 Å². The molecule has 0 radical (unpaired) electrons. The molecule has 1 fully saturated rings. The molecule has 1 aliphatic rings. The largest absolute Gasteiger partial charge is 0.473 e. The van der Waals surface area contributed by atoms with Gasteiger partial charge < -0.3 is 14.4 Å². The van der Waals surface area contributed by atoms with Crippen LogP contribution in [0.25, 0.3) is 10.9 Å². The number of para-hydroxylation sites is 1. The van der Waals surface area contributed by atoms with Gasteiger partial charge in [0.05, 0.1) is 5.52 Å². The van der Waals surface area contributed by atoms with Gasteiger partial charge in [-0.1, -0.05) is 18.2 Å². The summed E-state index contributed by atoms with van der Waals surface area (Å²) in [5.74, 6) is 0.956. The first kappa shape index (κ1) is 21.5. The fourth-order valence-electron chi connectivity index (χ4n) is 3.93. The lowest BCUT2D eigenvalue weighted by Crippen LogP contribution is -2.37. The molecule has 0 amide bonds. The minimum absolute atomic E-state index is 0.276. The third kappa shape index (κ3) is 5.42. The summed E-state index contributed by atoms with van der Waals surface area (Å²) in [7, 11) is 1.75. The van der Waals surface area contributed by atoms with Gasteiger partial charge in [-0.15, -0.1) is 5.10 Å². The number of nitrogens with zero attached hydrogens (tertiary/aromatic N) is 5. The van der Waals surface area contributed by atoms with Crippen molar-refractivity contribution in [2.75, 3.05) is 33.4 Å². The van der Waals surface area contributed by atoms with Crippen LogP contribution in [0.5, 0.6) is 0 Å². The quantitative estimate of drug-likeness (QED) is 0.278. The van der Waals surface area contributed by atoms with Crippen LogP contribution in [0.1, 0.15) is 44.8 Å². The maximum atomic E-state index is 6.14. The number of fused-ring (bicyclic) bond motifs is 1. The Balaban J connectivity index is 1.63. The molecule has 0 N–H and O–H groups in total. The van der Waals surface area contributed by atoms with Gasteiger partial charge in [-0.2, -0.15) is 10.2 Å². The fraction of sp³-hybridized carbons (Fsp3) is 0.591. The molecule has 0 bridgehead atoms. The van der Waals surface area contributed by atoms with Crippen molar-refractivity contribution in [3.05, 3.63) is 30.0 Å². The van der Waals surface area contributed by atoms with Crippen molar-refractivity contribution < 1.29 is 9.47 Å². The Morgan fingerprint density at radius 2 is 2.03 bits per heavy atom. The molecule has 0 aliphatic carbocycles. The van der Waals surface area contributed by atoms with Crippen molar-refractivity contribution >= 4 is 23.5 Å². The molecular formula is C22H33N5O2. The number of benzene rings is 1. The summed E-state index contributed by atoms with van der Waals surface area (Å²) in [6.07, 6.45) is 3.10. The Hall–Kier alpha value is -2.25. The van der Waals surface area contributed by atoms with E-state index in [1.807, 2.05) is 12.1 Å². The van der Waals surface area contributed by atoms with Crippen LogP contribution in [0.15, 0.2) is 34.5 Å². The molecule has 1 aromatic carbocycles. The van der Waals surface area contributed by atoms with E-state index in [-0.39, 0.29) is 5.92 Å². The molecule has 1 aliphatic heterocycles. The monoisotopic (exact) mass is 399 g/mol. The second-order valence-corrected chi connectivity index (χ2v) is 7.83. The lowest BCUT2D eigenvalue weighted by molar-refractivity contribution is 0.149. The average Bonchev–Trinajstić information content (AvgIpc) is 3.11. The van der Waals surface area contributed by atoms with Gasteiger partial charge in [-0.25, -0.2) is 0 Å². The first-order chi connectivity index (χ1) is 14.1. The van der Waals surface area contributed by atoms with E-state index in [0.717, 1.165) is 62.1 Å². The zero-order valence-electron chi connectivity index (χ0n) is 17.9. The number of hydrogen-bond donors (Lipinski definition) is 0. The van der Waals surface area contributed by atoms with E-state index in [0.29, 0.717) is 18.5 Å². The number of methoxy groups -OCH3 is 1. The standard InChI is InChI=1S/C22H33N5O2/c1-17(2)27-21-9-6-5-8-19(21)20(25-27)16-29-22(24-23-3)18-10-13-26(14-11-18)12-7-15-28-4/h5-6,8-9,17-18H,3,7,10-16H2,1-2,4H3/b24-22-. The first-order valence-corrected chi connectivity index (χ1v) is 10.5. The molecular weight excluding hydrogens is 366 g/mol. The molecule has 3 rings (SSSR count). The van der Waals surface area contributed by atoms with E-state index in [9.17, 15) is 0 Å². The van der Waals surface area contributed by atoms with E-state index in [1.54, 1.807) is 7.11 Å². The van der Waals surface area contributed by atoms with E-state index >= 15 is 0 Å². The molecule has 2 aromatic rings. The van der Waals surface area contributed by atoms with Crippen molar-refractivity contribution in [1.29, 1.82) is 0 Å². The molecule has 1 aromatic heterocycles. The fourth-order valence-corrected chi connectivity index (χ4v) is 3.93. The van der Waals surface area contributed by atoms with Gasteiger partial charge in [0.15, 0.2) is 0 Å². The smallest absolute Gasteiger partial charge is 0.212 e. The van der Waals surface area contributed by atoms with E-state index < -0.39 is 0 Å². The van der Waals surface area contributed by atoms with Gasteiger partial charge in [-0.3, -0.25) is 4.68 Å². The Morgan fingerprint density at radius 1 is 1.28 bits per heavy atom. The Bertz CT molecular complexity index is 822. The van der Waals surface area contributed by atoms with Crippen molar-refractivity contribution in [1.82, 2.24) is 14.7 Å². The third-order valence-electron chi connectivity index (χ3n) is 5.47. The molecule has 7 heteroatoms. The predicted octanol–water partition coefficient (Wildman–Crippen LogP) is 3.90. The molecule has 0 saturated carbocycles. The minimum atomic E-state index is 0.276. The highest BCUT2D eigenvalue weighted by Crippen LogP contribution is 2.24. The molecule has 1 saturated heterocycles. The molecule has 158 valence electrons. The van der Waals surface area contributed by atoms with E-state index in [4.69, 9.17) is 14.6 Å². The maximum absolute atomic E-state index is 6.14. The summed E-state index contributed by atoms with van der Waals surface area (Å²) in [5.41, 5.74) is 2.06. The van der Waals surface area contributed by atoms with Crippen LogP contribution in [0, 0.1) is 5.92 Å². The third-order valence-corrected chi connectivity index (χ3v) is 5.47. The summed E-state index contributed by atoms with van der Waals surface area (Å²) in [4.78, 5) is 2.48. The van der Waals surface area contributed by atoms with Crippen LogP contribution in [0.3, 0.4) is 0 Å². The summed E-state index contributed by atoms with van der Waals surface area (Å²) < 4.78 is 13.3. The van der Waals surface area contributed by atoms with Crippen LogP contribution in [0.2, 0.25) is 0 Å². The second kappa shape index (κ2) is 10.5. The lowest BCUT2D eigenvalue weighted by atomic mass is 9.96. The number of aromatic nitrogens is 2. The van der Waals surface area contributed by atoms with Crippen molar-refractivity contribution in [2.45, 2.75) is 45.8 Å².